The molecule has 0 unspecified atom stereocenters. The SMILES string of the molecule is Cc1cccc(S(=O)(=O)OCCCc2c[nH]c3ccc(Cl)cc23)c1. The van der Waals surface area contributed by atoms with Gasteiger partial charge < -0.3 is 4.98 Å². The number of halogens is 1. The second-order valence-corrected chi connectivity index (χ2v) is 7.75. The average molecular weight is 364 g/mol. The van der Waals surface area contributed by atoms with Gasteiger partial charge in [-0.25, -0.2) is 0 Å². The highest BCUT2D eigenvalue weighted by Crippen LogP contribution is 2.23. The van der Waals surface area contributed by atoms with Gasteiger partial charge in [0.15, 0.2) is 0 Å². The first-order valence-corrected chi connectivity index (χ1v) is 9.46. The van der Waals surface area contributed by atoms with E-state index in [9.17, 15) is 8.42 Å². The molecule has 0 aliphatic carbocycles. The Morgan fingerprint density at radius 1 is 1.17 bits per heavy atom. The van der Waals surface area contributed by atoms with Gasteiger partial charge in [0.05, 0.1) is 11.5 Å². The van der Waals surface area contributed by atoms with Crippen LogP contribution in [0.4, 0.5) is 0 Å². The molecule has 2 aromatic carbocycles. The van der Waals surface area contributed by atoms with Crippen molar-refractivity contribution in [3.8, 4) is 0 Å². The Morgan fingerprint density at radius 2 is 2.00 bits per heavy atom. The fraction of sp³-hybridized carbons (Fsp3) is 0.222. The Morgan fingerprint density at radius 3 is 2.79 bits per heavy atom. The van der Waals surface area contributed by atoms with Gasteiger partial charge in [0.25, 0.3) is 10.1 Å². The number of fused-ring (bicyclic) bond motifs is 1. The number of nitrogens with one attached hydrogen (secondary N) is 1. The number of aromatic amines is 1. The van der Waals surface area contributed by atoms with Crippen molar-refractivity contribution in [3.05, 3.63) is 64.8 Å². The third-order valence-electron chi connectivity index (χ3n) is 3.84. The summed E-state index contributed by atoms with van der Waals surface area (Å²) in [7, 11) is -3.70. The van der Waals surface area contributed by atoms with Gasteiger partial charge in [0, 0.05) is 22.1 Å². The molecule has 0 aliphatic rings. The third-order valence-corrected chi connectivity index (χ3v) is 5.38. The largest absolute Gasteiger partial charge is 0.361 e. The van der Waals surface area contributed by atoms with Crippen LogP contribution in [0.25, 0.3) is 10.9 Å². The molecule has 0 bridgehead atoms. The second-order valence-electron chi connectivity index (χ2n) is 5.70. The molecule has 3 aromatic rings. The standard InChI is InChI=1S/C18H18ClNO3S/c1-13-4-2-6-16(10-13)24(21,22)23-9-3-5-14-12-20-18-8-7-15(19)11-17(14)18/h2,4,6-8,10-12,20H,3,5,9H2,1H3. The van der Waals surface area contributed by atoms with E-state index in [0.717, 1.165) is 22.0 Å². The minimum atomic E-state index is -3.70. The molecule has 1 aromatic heterocycles. The van der Waals surface area contributed by atoms with E-state index >= 15 is 0 Å². The smallest absolute Gasteiger partial charge is 0.296 e. The van der Waals surface area contributed by atoms with Gasteiger partial charge >= 0.3 is 0 Å². The number of aryl methyl sites for hydroxylation is 2. The zero-order valence-corrected chi connectivity index (χ0v) is 14.8. The average Bonchev–Trinajstić information content (AvgIpc) is 2.94. The first kappa shape index (κ1) is 17.0. The van der Waals surface area contributed by atoms with Crippen molar-refractivity contribution in [2.24, 2.45) is 0 Å². The van der Waals surface area contributed by atoms with E-state index in [1.54, 1.807) is 18.2 Å². The van der Waals surface area contributed by atoms with Crippen molar-refractivity contribution in [2.45, 2.75) is 24.7 Å². The van der Waals surface area contributed by atoms with Crippen LogP contribution in [0.5, 0.6) is 0 Å². The molecular weight excluding hydrogens is 346 g/mol. The molecule has 0 amide bonds. The van der Waals surface area contributed by atoms with Crippen molar-refractivity contribution in [2.75, 3.05) is 6.61 Å². The molecule has 0 saturated carbocycles. The molecule has 1 N–H and O–H groups in total. The van der Waals surface area contributed by atoms with Crippen molar-refractivity contribution >= 4 is 32.6 Å². The van der Waals surface area contributed by atoms with Crippen LogP contribution in [0.1, 0.15) is 17.5 Å². The Bertz CT molecular complexity index is 963. The highest BCUT2D eigenvalue weighted by molar-refractivity contribution is 7.86. The molecular formula is C18H18ClNO3S. The van der Waals surface area contributed by atoms with E-state index in [4.69, 9.17) is 15.8 Å². The van der Waals surface area contributed by atoms with E-state index in [1.165, 1.54) is 0 Å². The minimum absolute atomic E-state index is 0.142. The molecule has 24 heavy (non-hydrogen) atoms. The molecule has 0 aliphatic heterocycles. The van der Waals surface area contributed by atoms with Crippen LogP contribution in [0.2, 0.25) is 5.02 Å². The lowest BCUT2D eigenvalue weighted by Gasteiger charge is -2.06. The predicted octanol–water partition coefficient (Wildman–Crippen LogP) is 4.47. The van der Waals surface area contributed by atoms with Crippen molar-refractivity contribution in [1.29, 1.82) is 0 Å². The molecule has 4 nitrogen and oxygen atoms in total. The molecule has 0 spiro atoms. The summed E-state index contributed by atoms with van der Waals surface area (Å²) in [6.45, 7) is 1.99. The summed E-state index contributed by atoms with van der Waals surface area (Å²) < 4.78 is 29.5. The summed E-state index contributed by atoms with van der Waals surface area (Å²) in [5.74, 6) is 0. The van der Waals surface area contributed by atoms with Crippen LogP contribution in [0.3, 0.4) is 0 Å². The van der Waals surface area contributed by atoms with Gasteiger partial charge in [-0.15, -0.1) is 0 Å². The predicted molar refractivity (Wildman–Crippen MR) is 95.9 cm³/mol. The normalized spacial score (nSPS) is 11.9. The van der Waals surface area contributed by atoms with Gasteiger partial charge in [-0.1, -0.05) is 23.7 Å². The van der Waals surface area contributed by atoms with E-state index in [-0.39, 0.29) is 11.5 Å². The summed E-state index contributed by atoms with van der Waals surface area (Å²) in [4.78, 5) is 3.38. The van der Waals surface area contributed by atoms with Gasteiger partial charge in [0.1, 0.15) is 0 Å². The summed E-state index contributed by atoms with van der Waals surface area (Å²) in [5.41, 5.74) is 3.00. The van der Waals surface area contributed by atoms with Crippen LogP contribution >= 0.6 is 11.6 Å². The van der Waals surface area contributed by atoms with Gasteiger partial charge in [-0.2, -0.15) is 8.42 Å². The van der Waals surface area contributed by atoms with Gasteiger partial charge in [-0.05, 0) is 61.2 Å². The number of benzene rings is 2. The highest BCUT2D eigenvalue weighted by Gasteiger charge is 2.15. The number of aromatic nitrogens is 1. The van der Waals surface area contributed by atoms with E-state index in [0.29, 0.717) is 17.9 Å². The van der Waals surface area contributed by atoms with Crippen molar-refractivity contribution in [3.63, 3.8) is 0 Å². The summed E-state index contributed by atoms with van der Waals surface area (Å²) in [6.07, 6.45) is 3.24. The summed E-state index contributed by atoms with van der Waals surface area (Å²) >= 11 is 6.03. The van der Waals surface area contributed by atoms with Crippen LogP contribution in [-0.2, 0) is 20.7 Å². The zero-order valence-electron chi connectivity index (χ0n) is 13.3. The molecule has 0 fully saturated rings. The van der Waals surface area contributed by atoms with Crippen LogP contribution in [-0.4, -0.2) is 20.0 Å². The van der Waals surface area contributed by atoms with E-state index < -0.39 is 10.1 Å². The topological polar surface area (TPSA) is 59.2 Å². The van der Waals surface area contributed by atoms with Crippen LogP contribution in [0, 0.1) is 6.92 Å². The Balaban J connectivity index is 1.61. The maximum atomic E-state index is 12.2. The molecule has 1 heterocycles. The highest BCUT2D eigenvalue weighted by atomic mass is 35.5. The fourth-order valence-corrected chi connectivity index (χ4v) is 3.85. The van der Waals surface area contributed by atoms with Crippen LogP contribution in [0.15, 0.2) is 53.6 Å². The fourth-order valence-electron chi connectivity index (χ4n) is 2.63. The Kier molecular flexibility index (Phi) is 4.94. The van der Waals surface area contributed by atoms with Gasteiger partial charge in [0.2, 0.25) is 0 Å². The lowest BCUT2D eigenvalue weighted by Crippen LogP contribution is -2.08. The minimum Gasteiger partial charge on any atom is -0.361 e. The van der Waals surface area contributed by atoms with Crippen molar-refractivity contribution < 1.29 is 12.6 Å². The number of hydrogen-bond donors (Lipinski definition) is 1. The van der Waals surface area contributed by atoms with Crippen molar-refractivity contribution in [1.82, 2.24) is 4.98 Å². The lowest BCUT2D eigenvalue weighted by molar-refractivity contribution is 0.312. The summed E-state index contributed by atoms with van der Waals surface area (Å²) in [5, 5.41) is 1.74. The zero-order chi connectivity index (χ0) is 17.2. The Labute approximate surface area is 146 Å². The van der Waals surface area contributed by atoms with Crippen LogP contribution < -0.4 is 0 Å². The lowest BCUT2D eigenvalue weighted by atomic mass is 10.1. The maximum Gasteiger partial charge on any atom is 0.296 e. The van der Waals surface area contributed by atoms with Gasteiger partial charge in [-0.3, -0.25) is 4.18 Å². The quantitative estimate of drug-likeness (QED) is 0.519. The van der Waals surface area contributed by atoms with E-state index in [2.05, 4.69) is 4.98 Å². The number of H-pyrrole nitrogens is 1. The second kappa shape index (κ2) is 6.97. The number of hydrogen-bond acceptors (Lipinski definition) is 3. The Hall–Kier alpha value is -1.82. The molecule has 0 radical (unpaired) electrons. The monoisotopic (exact) mass is 363 g/mol. The molecule has 126 valence electrons. The first-order valence-electron chi connectivity index (χ1n) is 7.67. The van der Waals surface area contributed by atoms with E-state index in [1.807, 2.05) is 37.4 Å². The molecule has 6 heteroatoms. The molecule has 0 atom stereocenters. The summed E-state index contributed by atoms with van der Waals surface area (Å²) in [6, 6.07) is 12.4. The maximum absolute atomic E-state index is 12.2. The molecule has 3 rings (SSSR count). The number of rotatable bonds is 6. The third kappa shape index (κ3) is 3.80. The first-order chi connectivity index (χ1) is 11.5. The molecule has 0 saturated heterocycles.